The Morgan fingerprint density at radius 2 is 2.19 bits per heavy atom. The Kier molecular flexibility index (Phi) is 5.78. The van der Waals surface area contributed by atoms with Gasteiger partial charge in [-0.2, -0.15) is 0 Å². The summed E-state index contributed by atoms with van der Waals surface area (Å²) in [5, 5.41) is 4.46. The van der Waals surface area contributed by atoms with Crippen molar-refractivity contribution in [2.24, 2.45) is 0 Å². The first-order chi connectivity index (χ1) is 10.1. The molecule has 1 fully saturated rings. The third kappa shape index (κ3) is 3.84. The molecule has 0 radical (unpaired) electrons. The van der Waals surface area contributed by atoms with Crippen LogP contribution >= 0.6 is 23.1 Å². The maximum absolute atomic E-state index is 11.7. The third-order valence-electron chi connectivity index (χ3n) is 3.58. The van der Waals surface area contributed by atoms with E-state index in [2.05, 4.69) is 17.1 Å². The van der Waals surface area contributed by atoms with Crippen LogP contribution in [0.3, 0.4) is 0 Å². The molecule has 0 saturated carbocycles. The van der Waals surface area contributed by atoms with Crippen molar-refractivity contribution in [3.63, 3.8) is 0 Å². The Hall–Kier alpha value is -0.920. The number of anilines is 2. The number of likely N-dealkylation sites (tertiary alicyclic amines) is 1. The first-order valence-electron chi connectivity index (χ1n) is 7.10. The average Bonchev–Trinajstić information content (AvgIpc) is 3.06. The fraction of sp³-hybridized carbons (Fsp3) is 0.643. The van der Waals surface area contributed by atoms with Gasteiger partial charge in [-0.25, -0.2) is 4.79 Å². The topological polar surface area (TPSA) is 67.6 Å². The summed E-state index contributed by atoms with van der Waals surface area (Å²) in [5.74, 6) is -0.368. The number of methoxy groups -OCH3 is 1. The van der Waals surface area contributed by atoms with Gasteiger partial charge in [0.2, 0.25) is 0 Å². The standard InChI is InChI=1S/C14H23N3O2S2/c1-9(8-17-6-4-5-7-17)16-13-11(20-3)10(15)12(21-13)14(18)19-2/h9,16H,4-8,15H2,1-3H3. The van der Waals surface area contributed by atoms with Crippen molar-refractivity contribution >= 4 is 39.8 Å². The Bertz CT molecular complexity index is 499. The molecule has 2 rings (SSSR count). The predicted molar refractivity (Wildman–Crippen MR) is 90.6 cm³/mol. The van der Waals surface area contributed by atoms with E-state index in [1.54, 1.807) is 11.8 Å². The molecule has 1 aliphatic heterocycles. The van der Waals surface area contributed by atoms with E-state index in [0.29, 0.717) is 16.6 Å². The van der Waals surface area contributed by atoms with E-state index in [0.717, 1.165) is 16.4 Å². The molecular weight excluding hydrogens is 306 g/mol. The summed E-state index contributed by atoms with van der Waals surface area (Å²) in [5.41, 5.74) is 6.59. The van der Waals surface area contributed by atoms with E-state index in [-0.39, 0.29) is 5.97 Å². The number of nitrogens with two attached hydrogens (primary N) is 1. The maximum Gasteiger partial charge on any atom is 0.350 e. The molecule has 0 amide bonds. The van der Waals surface area contributed by atoms with Crippen molar-refractivity contribution in [2.75, 3.05) is 44.1 Å². The minimum atomic E-state index is -0.368. The number of nitrogen functional groups attached to an aromatic ring is 1. The number of carbonyl (C=O) groups is 1. The van der Waals surface area contributed by atoms with Crippen molar-refractivity contribution < 1.29 is 9.53 Å². The van der Waals surface area contributed by atoms with Crippen LogP contribution in [0.5, 0.6) is 0 Å². The summed E-state index contributed by atoms with van der Waals surface area (Å²) in [7, 11) is 1.38. The Balaban J connectivity index is 2.09. The molecule has 2 heterocycles. The van der Waals surface area contributed by atoms with Gasteiger partial charge in [-0.15, -0.1) is 23.1 Å². The number of esters is 1. The number of rotatable bonds is 6. The number of hydrogen-bond acceptors (Lipinski definition) is 7. The second kappa shape index (κ2) is 7.38. The summed E-state index contributed by atoms with van der Waals surface area (Å²) in [6, 6.07) is 0.317. The van der Waals surface area contributed by atoms with E-state index < -0.39 is 0 Å². The Morgan fingerprint density at radius 1 is 1.52 bits per heavy atom. The molecule has 1 saturated heterocycles. The fourth-order valence-corrected chi connectivity index (χ4v) is 4.64. The van der Waals surface area contributed by atoms with Gasteiger partial charge in [0.05, 0.1) is 17.7 Å². The summed E-state index contributed by atoms with van der Waals surface area (Å²) < 4.78 is 4.79. The van der Waals surface area contributed by atoms with Crippen LogP contribution in [0.25, 0.3) is 0 Å². The first kappa shape index (κ1) is 16.5. The van der Waals surface area contributed by atoms with Crippen molar-refractivity contribution in [1.82, 2.24) is 4.90 Å². The summed E-state index contributed by atoms with van der Waals surface area (Å²) >= 11 is 2.94. The van der Waals surface area contributed by atoms with Crippen LogP contribution in [0.4, 0.5) is 10.7 Å². The highest BCUT2D eigenvalue weighted by atomic mass is 32.2. The SMILES string of the molecule is COC(=O)c1sc(NC(C)CN2CCCC2)c(SC)c1N. The van der Waals surface area contributed by atoms with Crippen LogP contribution in [-0.4, -0.2) is 49.9 Å². The molecule has 0 spiro atoms. The molecule has 1 aliphatic rings. The van der Waals surface area contributed by atoms with E-state index in [1.807, 2.05) is 6.26 Å². The van der Waals surface area contributed by atoms with Gasteiger partial charge in [0.1, 0.15) is 9.88 Å². The minimum Gasteiger partial charge on any atom is -0.465 e. The summed E-state index contributed by atoms with van der Waals surface area (Å²) in [4.78, 5) is 15.6. The molecule has 1 aromatic heterocycles. The Labute approximate surface area is 134 Å². The monoisotopic (exact) mass is 329 g/mol. The lowest BCUT2D eigenvalue weighted by Crippen LogP contribution is -2.32. The number of ether oxygens (including phenoxy) is 1. The molecule has 0 aromatic carbocycles. The highest BCUT2D eigenvalue weighted by Crippen LogP contribution is 2.42. The molecule has 0 bridgehead atoms. The fourth-order valence-electron chi connectivity index (χ4n) is 2.59. The van der Waals surface area contributed by atoms with E-state index >= 15 is 0 Å². The smallest absolute Gasteiger partial charge is 0.350 e. The number of nitrogens with one attached hydrogen (secondary N) is 1. The quantitative estimate of drug-likeness (QED) is 0.618. The zero-order chi connectivity index (χ0) is 15.4. The van der Waals surface area contributed by atoms with Gasteiger partial charge < -0.3 is 20.7 Å². The number of hydrogen-bond donors (Lipinski definition) is 2. The van der Waals surface area contributed by atoms with Crippen LogP contribution in [-0.2, 0) is 4.74 Å². The summed E-state index contributed by atoms with van der Waals surface area (Å²) in [6.07, 6.45) is 4.55. The van der Waals surface area contributed by atoms with Crippen molar-refractivity contribution in [1.29, 1.82) is 0 Å². The minimum absolute atomic E-state index is 0.317. The zero-order valence-corrected chi connectivity index (χ0v) is 14.4. The van der Waals surface area contributed by atoms with E-state index in [4.69, 9.17) is 10.5 Å². The summed E-state index contributed by atoms with van der Waals surface area (Å²) in [6.45, 7) is 5.54. The lowest BCUT2D eigenvalue weighted by Gasteiger charge is -2.21. The van der Waals surface area contributed by atoms with Gasteiger partial charge in [-0.05, 0) is 39.1 Å². The molecule has 1 unspecified atom stereocenters. The molecule has 1 atom stereocenters. The average molecular weight is 329 g/mol. The van der Waals surface area contributed by atoms with Crippen molar-refractivity contribution in [3.05, 3.63) is 4.88 Å². The lowest BCUT2D eigenvalue weighted by molar-refractivity contribution is 0.0607. The number of thioether (sulfide) groups is 1. The first-order valence-corrected chi connectivity index (χ1v) is 9.14. The van der Waals surface area contributed by atoms with E-state index in [9.17, 15) is 4.79 Å². The molecule has 7 heteroatoms. The highest BCUT2D eigenvalue weighted by molar-refractivity contribution is 7.99. The molecule has 0 aliphatic carbocycles. The zero-order valence-electron chi connectivity index (χ0n) is 12.8. The van der Waals surface area contributed by atoms with Gasteiger partial charge in [0, 0.05) is 12.6 Å². The Morgan fingerprint density at radius 3 is 2.76 bits per heavy atom. The lowest BCUT2D eigenvalue weighted by atomic mass is 10.3. The number of thiophene rings is 1. The molecule has 118 valence electrons. The molecule has 5 nitrogen and oxygen atoms in total. The number of nitrogens with zero attached hydrogens (tertiary/aromatic N) is 1. The van der Waals surface area contributed by atoms with Gasteiger partial charge in [-0.3, -0.25) is 0 Å². The molecule has 21 heavy (non-hydrogen) atoms. The molecule has 1 aromatic rings. The van der Waals surface area contributed by atoms with Crippen LogP contribution < -0.4 is 11.1 Å². The second-order valence-electron chi connectivity index (χ2n) is 5.25. The van der Waals surface area contributed by atoms with Crippen LogP contribution in [0, 0.1) is 0 Å². The second-order valence-corrected chi connectivity index (χ2v) is 7.09. The van der Waals surface area contributed by atoms with Crippen LogP contribution in [0.2, 0.25) is 0 Å². The predicted octanol–water partition coefficient (Wildman–Crippen LogP) is 2.74. The highest BCUT2D eigenvalue weighted by Gasteiger charge is 2.23. The number of carbonyl (C=O) groups excluding carboxylic acids is 1. The maximum atomic E-state index is 11.7. The van der Waals surface area contributed by atoms with Crippen molar-refractivity contribution in [2.45, 2.75) is 30.7 Å². The van der Waals surface area contributed by atoms with Crippen LogP contribution in [0.15, 0.2) is 4.90 Å². The third-order valence-corrected chi connectivity index (χ3v) is 5.66. The van der Waals surface area contributed by atoms with Crippen molar-refractivity contribution in [3.8, 4) is 0 Å². The van der Waals surface area contributed by atoms with E-state index in [1.165, 1.54) is 44.4 Å². The van der Waals surface area contributed by atoms with Gasteiger partial charge in [-0.1, -0.05) is 0 Å². The van der Waals surface area contributed by atoms with Gasteiger partial charge >= 0.3 is 5.97 Å². The molecular formula is C14H23N3O2S2. The molecule has 3 N–H and O–H groups in total. The normalized spacial score (nSPS) is 16.9. The van der Waals surface area contributed by atoms with Gasteiger partial charge in [0.25, 0.3) is 0 Å². The van der Waals surface area contributed by atoms with Crippen LogP contribution in [0.1, 0.15) is 29.4 Å². The van der Waals surface area contributed by atoms with Gasteiger partial charge in [0.15, 0.2) is 0 Å². The largest absolute Gasteiger partial charge is 0.465 e.